The Morgan fingerprint density at radius 3 is 2.55 bits per heavy atom. The van der Waals surface area contributed by atoms with Gasteiger partial charge in [-0.3, -0.25) is 19.3 Å². The summed E-state index contributed by atoms with van der Waals surface area (Å²) in [6.07, 6.45) is 1.60. The average Bonchev–Trinajstić information content (AvgIpc) is 2.80. The van der Waals surface area contributed by atoms with Gasteiger partial charge in [-0.05, 0) is 6.42 Å². The number of imide groups is 1. The van der Waals surface area contributed by atoms with Crippen LogP contribution in [0.2, 0.25) is 0 Å². The molecule has 2 heterocycles. The lowest BCUT2D eigenvalue weighted by Gasteiger charge is -2.28. The molecule has 4 amide bonds. The largest absolute Gasteiger partial charge is 0.465 e. The minimum atomic E-state index is -1.32. The first-order chi connectivity index (χ1) is 10.5. The lowest BCUT2D eigenvalue weighted by atomic mass is 10.2. The molecule has 2 aliphatic rings. The Balaban J connectivity index is 2.05. The molecule has 10 heteroatoms. The van der Waals surface area contributed by atoms with Gasteiger partial charge in [0.1, 0.15) is 6.04 Å². The SMILES string of the molecule is O=C(O)NC[C@@H](C(=O)N[C@H]1CCSSC1)N1C(=O)C=CC1=O. The van der Waals surface area contributed by atoms with E-state index in [1.807, 2.05) is 0 Å². The van der Waals surface area contributed by atoms with Crippen LogP contribution in [0.5, 0.6) is 0 Å². The molecule has 0 radical (unpaired) electrons. The van der Waals surface area contributed by atoms with Gasteiger partial charge in [-0.1, -0.05) is 21.6 Å². The third-order valence-electron chi connectivity index (χ3n) is 3.15. The quantitative estimate of drug-likeness (QED) is 0.467. The van der Waals surface area contributed by atoms with Crippen LogP contribution in [-0.4, -0.2) is 64.0 Å². The smallest absolute Gasteiger partial charge is 0.404 e. The van der Waals surface area contributed by atoms with Crippen molar-refractivity contribution in [1.82, 2.24) is 15.5 Å². The molecular weight excluding hydrogens is 330 g/mol. The zero-order chi connectivity index (χ0) is 16.1. The predicted molar refractivity (Wildman–Crippen MR) is 82.3 cm³/mol. The number of nitrogens with zero attached hydrogens (tertiary/aromatic N) is 1. The van der Waals surface area contributed by atoms with Crippen LogP contribution in [-0.2, 0) is 14.4 Å². The van der Waals surface area contributed by atoms with Crippen molar-refractivity contribution in [3.8, 4) is 0 Å². The van der Waals surface area contributed by atoms with Crippen LogP contribution < -0.4 is 10.6 Å². The van der Waals surface area contributed by atoms with Gasteiger partial charge in [-0.25, -0.2) is 4.79 Å². The van der Waals surface area contributed by atoms with Gasteiger partial charge in [0.25, 0.3) is 11.8 Å². The Hall–Kier alpha value is -1.68. The van der Waals surface area contributed by atoms with E-state index in [1.54, 1.807) is 21.6 Å². The summed E-state index contributed by atoms with van der Waals surface area (Å²) in [6.45, 7) is -0.338. The Kier molecular flexibility index (Phi) is 5.72. The van der Waals surface area contributed by atoms with Crippen LogP contribution in [0.25, 0.3) is 0 Å². The lowest BCUT2D eigenvalue weighted by Crippen LogP contribution is -2.56. The van der Waals surface area contributed by atoms with Crippen molar-refractivity contribution in [3.63, 3.8) is 0 Å². The number of nitrogens with one attached hydrogen (secondary N) is 2. The number of carbonyl (C=O) groups is 4. The van der Waals surface area contributed by atoms with Crippen molar-refractivity contribution < 1.29 is 24.3 Å². The molecule has 120 valence electrons. The number of hydrogen-bond donors (Lipinski definition) is 3. The summed E-state index contributed by atoms with van der Waals surface area (Å²) in [5.41, 5.74) is 0. The molecule has 0 aliphatic carbocycles. The van der Waals surface area contributed by atoms with Gasteiger partial charge in [-0.15, -0.1) is 0 Å². The second kappa shape index (κ2) is 7.54. The third kappa shape index (κ3) is 4.17. The number of carboxylic acid groups (broad SMARTS) is 1. The fourth-order valence-corrected chi connectivity index (χ4v) is 4.51. The van der Waals surface area contributed by atoms with Gasteiger partial charge in [0, 0.05) is 29.7 Å². The summed E-state index contributed by atoms with van der Waals surface area (Å²) < 4.78 is 0. The highest BCUT2D eigenvalue weighted by Gasteiger charge is 2.36. The molecule has 2 rings (SSSR count). The number of amides is 4. The van der Waals surface area contributed by atoms with Crippen molar-refractivity contribution in [3.05, 3.63) is 12.2 Å². The van der Waals surface area contributed by atoms with Gasteiger partial charge in [-0.2, -0.15) is 0 Å². The molecule has 22 heavy (non-hydrogen) atoms. The van der Waals surface area contributed by atoms with Crippen LogP contribution in [0.3, 0.4) is 0 Å². The summed E-state index contributed by atoms with van der Waals surface area (Å²) in [7, 11) is 3.36. The molecule has 0 aromatic carbocycles. The molecule has 0 spiro atoms. The molecule has 2 atom stereocenters. The normalized spacial score (nSPS) is 22.5. The Bertz CT molecular complexity index is 501. The molecule has 0 aromatic heterocycles. The fraction of sp³-hybridized carbons (Fsp3) is 0.500. The number of hydrogen-bond acceptors (Lipinski definition) is 6. The first-order valence-electron chi connectivity index (χ1n) is 6.56. The van der Waals surface area contributed by atoms with Crippen molar-refractivity contribution >= 4 is 45.4 Å². The van der Waals surface area contributed by atoms with Crippen molar-refractivity contribution in [2.24, 2.45) is 0 Å². The lowest BCUT2D eigenvalue weighted by molar-refractivity contribution is -0.145. The van der Waals surface area contributed by atoms with Gasteiger partial charge in [0.15, 0.2) is 0 Å². The van der Waals surface area contributed by atoms with Crippen molar-refractivity contribution in [2.45, 2.75) is 18.5 Å². The van der Waals surface area contributed by atoms with Gasteiger partial charge in [0.05, 0.1) is 6.54 Å². The second-order valence-corrected chi connectivity index (χ2v) is 7.31. The highest BCUT2D eigenvalue weighted by atomic mass is 33.1. The van der Waals surface area contributed by atoms with Crippen LogP contribution in [0, 0.1) is 0 Å². The minimum absolute atomic E-state index is 0.0492. The van der Waals surface area contributed by atoms with E-state index in [2.05, 4.69) is 10.6 Å². The summed E-state index contributed by atoms with van der Waals surface area (Å²) >= 11 is 0. The monoisotopic (exact) mass is 345 g/mol. The first-order valence-corrected chi connectivity index (χ1v) is 9.04. The van der Waals surface area contributed by atoms with Crippen LogP contribution in [0.4, 0.5) is 4.79 Å². The van der Waals surface area contributed by atoms with Crippen LogP contribution in [0.15, 0.2) is 12.2 Å². The zero-order valence-corrected chi connectivity index (χ0v) is 13.1. The highest BCUT2D eigenvalue weighted by Crippen LogP contribution is 2.29. The van der Waals surface area contributed by atoms with E-state index < -0.39 is 29.9 Å². The van der Waals surface area contributed by atoms with E-state index in [0.29, 0.717) is 0 Å². The van der Waals surface area contributed by atoms with Crippen LogP contribution in [0.1, 0.15) is 6.42 Å². The number of carbonyl (C=O) groups excluding carboxylic acids is 3. The molecular formula is C12H15N3O5S2. The zero-order valence-electron chi connectivity index (χ0n) is 11.5. The maximum atomic E-state index is 12.4. The molecule has 3 N–H and O–H groups in total. The van der Waals surface area contributed by atoms with Gasteiger partial charge < -0.3 is 15.7 Å². The van der Waals surface area contributed by atoms with Crippen molar-refractivity contribution in [1.29, 1.82) is 0 Å². The molecule has 2 aliphatic heterocycles. The summed E-state index contributed by atoms with van der Waals surface area (Å²) in [5, 5.41) is 13.5. The summed E-state index contributed by atoms with van der Waals surface area (Å²) in [6, 6.07) is -1.24. The summed E-state index contributed by atoms with van der Waals surface area (Å²) in [4.78, 5) is 47.2. The van der Waals surface area contributed by atoms with Gasteiger partial charge in [0.2, 0.25) is 5.91 Å². The topological polar surface area (TPSA) is 116 Å². The molecule has 0 unspecified atom stereocenters. The first kappa shape index (κ1) is 16.7. The van der Waals surface area contributed by atoms with E-state index in [4.69, 9.17) is 5.11 Å². The van der Waals surface area contributed by atoms with E-state index in [1.165, 1.54) is 0 Å². The van der Waals surface area contributed by atoms with Gasteiger partial charge >= 0.3 is 6.09 Å². The van der Waals surface area contributed by atoms with E-state index >= 15 is 0 Å². The molecule has 1 saturated heterocycles. The number of rotatable bonds is 5. The fourth-order valence-electron chi connectivity index (χ4n) is 2.08. The Morgan fingerprint density at radius 1 is 1.32 bits per heavy atom. The average molecular weight is 345 g/mol. The van der Waals surface area contributed by atoms with E-state index in [0.717, 1.165) is 35.0 Å². The maximum Gasteiger partial charge on any atom is 0.404 e. The summed E-state index contributed by atoms with van der Waals surface area (Å²) in [5.74, 6) is -0.139. The minimum Gasteiger partial charge on any atom is -0.465 e. The Morgan fingerprint density at radius 2 is 2.00 bits per heavy atom. The molecule has 0 bridgehead atoms. The van der Waals surface area contributed by atoms with Crippen LogP contribution >= 0.6 is 21.6 Å². The molecule has 1 fully saturated rings. The standard InChI is InChI=1S/C12H15N3O5S2/c16-9-1-2-10(17)15(9)8(5-13-12(19)20)11(18)14-7-3-4-21-22-6-7/h1-2,7-8,13H,3-6H2,(H,14,18)(H,19,20)/t7-,8-/m0/s1. The molecule has 8 nitrogen and oxygen atoms in total. The maximum absolute atomic E-state index is 12.4. The third-order valence-corrected chi connectivity index (χ3v) is 5.67. The highest BCUT2D eigenvalue weighted by molar-refractivity contribution is 8.76. The molecule has 0 aromatic rings. The Labute approximate surface area is 134 Å². The van der Waals surface area contributed by atoms with E-state index in [-0.39, 0.29) is 12.6 Å². The second-order valence-electron chi connectivity index (χ2n) is 4.68. The molecule has 0 saturated carbocycles. The van der Waals surface area contributed by atoms with E-state index in [9.17, 15) is 19.2 Å². The van der Waals surface area contributed by atoms with Crippen molar-refractivity contribution in [2.75, 3.05) is 18.1 Å². The predicted octanol–water partition coefficient (Wildman–Crippen LogP) is -0.182.